The Morgan fingerprint density at radius 1 is 1.50 bits per heavy atom. The van der Waals surface area contributed by atoms with E-state index < -0.39 is 14.8 Å². The molecule has 1 heterocycles. The molecule has 0 radical (unpaired) electrons. The van der Waals surface area contributed by atoms with Crippen molar-refractivity contribution in [3.05, 3.63) is 40.9 Å². The topological polar surface area (TPSA) is 69.3 Å². The van der Waals surface area contributed by atoms with Crippen molar-refractivity contribution in [3.8, 4) is 0 Å². The fourth-order valence-corrected chi connectivity index (χ4v) is 2.38. The summed E-state index contributed by atoms with van der Waals surface area (Å²) in [7, 11) is 1.38. The zero-order chi connectivity index (χ0) is 13.5. The second-order valence-corrected chi connectivity index (χ2v) is 6.54. The minimum atomic E-state index is -3.84. The van der Waals surface area contributed by atoms with Gasteiger partial charge in [-0.25, -0.2) is 13.2 Å². The van der Waals surface area contributed by atoms with Crippen LogP contribution in [0.25, 0.3) is 11.1 Å². The van der Waals surface area contributed by atoms with Crippen LogP contribution in [-0.4, -0.2) is 13.0 Å². The van der Waals surface area contributed by atoms with E-state index in [9.17, 15) is 13.2 Å². The van der Waals surface area contributed by atoms with Gasteiger partial charge in [-0.3, -0.25) is 4.57 Å². The van der Waals surface area contributed by atoms with E-state index in [2.05, 4.69) is 6.58 Å². The van der Waals surface area contributed by atoms with Gasteiger partial charge in [0.05, 0.1) is 10.4 Å². The Labute approximate surface area is 108 Å². The summed E-state index contributed by atoms with van der Waals surface area (Å²) >= 11 is 0. The molecule has 0 aliphatic heterocycles. The summed E-state index contributed by atoms with van der Waals surface area (Å²) < 4.78 is 28.7. The highest BCUT2D eigenvalue weighted by molar-refractivity contribution is 8.13. The summed E-state index contributed by atoms with van der Waals surface area (Å²) in [5, 5.41) is 0. The van der Waals surface area contributed by atoms with Crippen LogP contribution in [-0.2, 0) is 15.6 Å². The van der Waals surface area contributed by atoms with Crippen LogP contribution in [0.4, 0.5) is 0 Å². The Hall–Kier alpha value is -1.53. The molecule has 2 aromatic rings. The van der Waals surface area contributed by atoms with Crippen LogP contribution in [0.5, 0.6) is 0 Å². The summed E-state index contributed by atoms with van der Waals surface area (Å²) in [6, 6.07) is 4.04. The van der Waals surface area contributed by atoms with Crippen LogP contribution in [0.15, 0.2) is 44.5 Å². The van der Waals surface area contributed by atoms with E-state index in [1.165, 1.54) is 22.8 Å². The third kappa shape index (κ3) is 2.34. The van der Waals surface area contributed by atoms with E-state index >= 15 is 0 Å². The SMILES string of the molecule is C=C(C)Cn1c(=O)oc2cc(S(=O)(=O)Cl)ccc21. The van der Waals surface area contributed by atoms with Gasteiger partial charge in [-0.2, -0.15) is 0 Å². The number of benzene rings is 1. The predicted molar refractivity (Wildman–Crippen MR) is 68.3 cm³/mol. The minimum Gasteiger partial charge on any atom is -0.408 e. The normalized spacial score (nSPS) is 11.9. The van der Waals surface area contributed by atoms with Crippen molar-refractivity contribution in [1.29, 1.82) is 0 Å². The molecule has 2 rings (SSSR count). The molecule has 0 unspecified atom stereocenters. The molecule has 5 nitrogen and oxygen atoms in total. The number of halogens is 1. The first kappa shape index (κ1) is 12.9. The van der Waals surface area contributed by atoms with Crippen molar-refractivity contribution in [2.45, 2.75) is 18.4 Å². The second kappa shape index (κ2) is 4.29. The fourth-order valence-electron chi connectivity index (χ4n) is 1.62. The molecule has 18 heavy (non-hydrogen) atoms. The number of rotatable bonds is 3. The lowest BCUT2D eigenvalue weighted by Crippen LogP contribution is -2.14. The van der Waals surface area contributed by atoms with Gasteiger partial charge in [-0.15, -0.1) is 0 Å². The second-order valence-electron chi connectivity index (χ2n) is 3.98. The quantitative estimate of drug-likeness (QED) is 0.640. The molecule has 0 atom stereocenters. The van der Waals surface area contributed by atoms with Crippen molar-refractivity contribution >= 4 is 30.8 Å². The molecule has 0 spiro atoms. The third-order valence-corrected chi connectivity index (χ3v) is 3.70. The summed E-state index contributed by atoms with van der Waals surface area (Å²) in [6.07, 6.45) is 0. The maximum Gasteiger partial charge on any atom is 0.420 e. The average molecular weight is 288 g/mol. The van der Waals surface area contributed by atoms with Gasteiger partial charge in [0.2, 0.25) is 0 Å². The number of fused-ring (bicyclic) bond motifs is 1. The molecular formula is C11H10ClNO4S. The maximum atomic E-state index is 11.6. The van der Waals surface area contributed by atoms with Gasteiger partial charge in [-0.05, 0) is 19.1 Å². The molecule has 0 aliphatic carbocycles. The Kier molecular flexibility index (Phi) is 3.08. The fraction of sp³-hybridized carbons (Fsp3) is 0.182. The van der Waals surface area contributed by atoms with Gasteiger partial charge in [0.25, 0.3) is 9.05 Å². The summed E-state index contributed by atoms with van der Waals surface area (Å²) in [5.41, 5.74) is 1.48. The Morgan fingerprint density at radius 2 is 2.17 bits per heavy atom. The number of oxazole rings is 1. The minimum absolute atomic E-state index is 0.104. The highest BCUT2D eigenvalue weighted by Crippen LogP contribution is 2.21. The highest BCUT2D eigenvalue weighted by Gasteiger charge is 2.15. The van der Waals surface area contributed by atoms with Gasteiger partial charge in [0.15, 0.2) is 5.58 Å². The van der Waals surface area contributed by atoms with Crippen LogP contribution < -0.4 is 5.76 Å². The largest absolute Gasteiger partial charge is 0.420 e. The predicted octanol–water partition coefficient (Wildman–Crippen LogP) is 2.10. The molecule has 0 saturated carbocycles. The van der Waals surface area contributed by atoms with Crippen LogP contribution in [0.3, 0.4) is 0 Å². The zero-order valence-corrected chi connectivity index (χ0v) is 11.1. The van der Waals surface area contributed by atoms with Gasteiger partial charge in [0, 0.05) is 23.3 Å². The summed E-state index contributed by atoms with van der Waals surface area (Å²) in [4.78, 5) is 11.5. The summed E-state index contributed by atoms with van der Waals surface area (Å²) in [6.45, 7) is 5.82. The lowest BCUT2D eigenvalue weighted by Gasteiger charge is -2.01. The number of hydrogen-bond acceptors (Lipinski definition) is 4. The molecule has 0 amide bonds. The van der Waals surface area contributed by atoms with Crippen molar-refractivity contribution in [3.63, 3.8) is 0 Å². The van der Waals surface area contributed by atoms with Crippen LogP contribution in [0, 0.1) is 0 Å². The number of aromatic nitrogens is 1. The molecular weight excluding hydrogens is 278 g/mol. The smallest absolute Gasteiger partial charge is 0.408 e. The number of allylic oxidation sites excluding steroid dienone is 1. The zero-order valence-electron chi connectivity index (χ0n) is 9.51. The van der Waals surface area contributed by atoms with Crippen molar-refractivity contribution in [2.75, 3.05) is 0 Å². The first-order valence-electron chi connectivity index (χ1n) is 5.01. The van der Waals surface area contributed by atoms with E-state index in [0.717, 1.165) is 5.57 Å². The van der Waals surface area contributed by atoms with E-state index in [4.69, 9.17) is 15.1 Å². The Bertz CT molecular complexity index is 785. The van der Waals surface area contributed by atoms with Gasteiger partial charge in [0.1, 0.15) is 0 Å². The Morgan fingerprint density at radius 3 is 2.72 bits per heavy atom. The Balaban J connectivity index is 2.69. The lowest BCUT2D eigenvalue weighted by molar-refractivity contribution is 0.516. The van der Waals surface area contributed by atoms with E-state index in [1.807, 2.05) is 0 Å². The van der Waals surface area contributed by atoms with Crippen molar-refractivity contribution in [1.82, 2.24) is 4.57 Å². The van der Waals surface area contributed by atoms with Crippen LogP contribution >= 0.6 is 10.7 Å². The van der Waals surface area contributed by atoms with E-state index in [0.29, 0.717) is 12.1 Å². The third-order valence-electron chi connectivity index (χ3n) is 2.35. The van der Waals surface area contributed by atoms with Gasteiger partial charge >= 0.3 is 5.76 Å². The standard InChI is InChI=1S/C11H10ClNO4S/c1-7(2)6-13-9-4-3-8(18(12,15)16)5-10(9)17-11(13)14/h3-5H,1,6H2,2H3. The first-order valence-corrected chi connectivity index (χ1v) is 7.32. The molecule has 1 aromatic heterocycles. The van der Waals surface area contributed by atoms with Crippen molar-refractivity contribution < 1.29 is 12.8 Å². The number of hydrogen-bond donors (Lipinski definition) is 0. The van der Waals surface area contributed by atoms with Gasteiger partial charge < -0.3 is 4.42 Å². The van der Waals surface area contributed by atoms with Crippen LogP contribution in [0.1, 0.15) is 6.92 Å². The van der Waals surface area contributed by atoms with Gasteiger partial charge in [-0.1, -0.05) is 12.2 Å². The molecule has 0 saturated heterocycles. The average Bonchev–Trinajstić information content (AvgIpc) is 2.53. The highest BCUT2D eigenvalue weighted by atomic mass is 35.7. The molecule has 0 aliphatic rings. The molecule has 0 N–H and O–H groups in total. The van der Waals surface area contributed by atoms with Crippen LogP contribution in [0.2, 0.25) is 0 Å². The van der Waals surface area contributed by atoms with E-state index in [-0.39, 0.29) is 10.5 Å². The maximum absolute atomic E-state index is 11.6. The molecule has 96 valence electrons. The monoisotopic (exact) mass is 287 g/mol. The molecule has 7 heteroatoms. The molecule has 1 aromatic carbocycles. The lowest BCUT2D eigenvalue weighted by atomic mass is 10.3. The van der Waals surface area contributed by atoms with E-state index in [1.54, 1.807) is 6.92 Å². The molecule has 0 bridgehead atoms. The van der Waals surface area contributed by atoms with Crippen molar-refractivity contribution in [2.24, 2.45) is 0 Å². The molecule has 0 fully saturated rings. The first-order chi connectivity index (χ1) is 8.29. The number of nitrogens with zero attached hydrogens (tertiary/aromatic N) is 1. The summed E-state index contributed by atoms with van der Waals surface area (Å²) in [5.74, 6) is -0.558.